The predicted molar refractivity (Wildman–Crippen MR) is 72.9 cm³/mol. The van der Waals surface area contributed by atoms with Crippen LogP contribution in [0, 0.1) is 5.92 Å². The quantitative estimate of drug-likeness (QED) is 0.821. The van der Waals surface area contributed by atoms with Crippen LogP contribution in [0.2, 0.25) is 0 Å². The molecule has 0 heterocycles. The first-order valence-corrected chi connectivity index (χ1v) is 7.59. The van der Waals surface area contributed by atoms with Crippen molar-refractivity contribution in [2.24, 2.45) is 11.1 Å². The Labute approximate surface area is 112 Å². The molecular weight excluding hydrogens is 264 g/mol. The van der Waals surface area contributed by atoms with Crippen molar-refractivity contribution in [2.75, 3.05) is 5.32 Å². The number of benzene rings is 1. The van der Waals surface area contributed by atoms with E-state index in [0.29, 0.717) is 18.0 Å². The first kappa shape index (κ1) is 13.8. The fraction of sp³-hybridized carbons (Fsp3) is 0.308. The van der Waals surface area contributed by atoms with Crippen molar-refractivity contribution >= 4 is 21.6 Å². The summed E-state index contributed by atoms with van der Waals surface area (Å²) in [5, 5.41) is 7.73. The minimum atomic E-state index is -3.69. The van der Waals surface area contributed by atoms with Crippen LogP contribution in [0.5, 0.6) is 0 Å². The lowest BCUT2D eigenvalue weighted by Gasteiger charge is -2.09. The molecule has 1 aliphatic rings. The van der Waals surface area contributed by atoms with Gasteiger partial charge >= 0.3 is 0 Å². The Morgan fingerprint density at radius 2 is 2.00 bits per heavy atom. The maximum atomic E-state index is 11.8. The van der Waals surface area contributed by atoms with E-state index in [1.165, 1.54) is 24.3 Å². The number of sulfonamides is 1. The zero-order valence-corrected chi connectivity index (χ0v) is 11.2. The van der Waals surface area contributed by atoms with Gasteiger partial charge in [-0.2, -0.15) is 0 Å². The third kappa shape index (κ3) is 3.90. The van der Waals surface area contributed by atoms with E-state index in [-0.39, 0.29) is 10.8 Å². The number of carbonyl (C=O) groups is 1. The molecule has 0 saturated heterocycles. The van der Waals surface area contributed by atoms with Gasteiger partial charge in [-0.05, 0) is 43.0 Å². The van der Waals surface area contributed by atoms with Gasteiger partial charge in [0.05, 0.1) is 4.90 Å². The third-order valence-electron chi connectivity index (χ3n) is 3.03. The molecule has 1 unspecified atom stereocenters. The largest absolute Gasteiger partial charge is 0.326 e. The van der Waals surface area contributed by atoms with E-state index >= 15 is 0 Å². The Balaban J connectivity index is 1.95. The normalized spacial score (nSPS) is 18.5. The minimum Gasteiger partial charge on any atom is -0.326 e. The van der Waals surface area contributed by atoms with E-state index in [4.69, 9.17) is 5.14 Å². The summed E-state index contributed by atoms with van der Waals surface area (Å²) in [7, 11) is -3.69. The van der Waals surface area contributed by atoms with Gasteiger partial charge in [-0.15, -0.1) is 0 Å². The van der Waals surface area contributed by atoms with Crippen LogP contribution >= 0.6 is 0 Å². The lowest BCUT2D eigenvalue weighted by atomic mass is 10.1. The fourth-order valence-electron chi connectivity index (χ4n) is 2.04. The summed E-state index contributed by atoms with van der Waals surface area (Å²) in [5.74, 6) is 0.239. The number of primary sulfonamides is 1. The van der Waals surface area contributed by atoms with Crippen molar-refractivity contribution in [3.63, 3.8) is 0 Å². The summed E-state index contributed by atoms with van der Waals surface area (Å²) in [6.07, 6.45) is 6.63. The van der Waals surface area contributed by atoms with Crippen molar-refractivity contribution in [3.8, 4) is 0 Å². The van der Waals surface area contributed by atoms with Crippen LogP contribution in [0.4, 0.5) is 5.69 Å². The number of hydrogen-bond acceptors (Lipinski definition) is 3. The van der Waals surface area contributed by atoms with Crippen LogP contribution in [0.3, 0.4) is 0 Å². The van der Waals surface area contributed by atoms with Crippen LogP contribution in [-0.2, 0) is 14.8 Å². The lowest BCUT2D eigenvalue weighted by molar-refractivity contribution is -0.116. The number of nitrogens with one attached hydrogen (secondary N) is 1. The first-order valence-electron chi connectivity index (χ1n) is 6.04. The molecule has 2 rings (SSSR count). The molecule has 0 aliphatic heterocycles. The molecule has 19 heavy (non-hydrogen) atoms. The van der Waals surface area contributed by atoms with E-state index < -0.39 is 10.0 Å². The van der Waals surface area contributed by atoms with Gasteiger partial charge in [0, 0.05) is 12.1 Å². The van der Waals surface area contributed by atoms with Gasteiger partial charge in [0.25, 0.3) is 0 Å². The average molecular weight is 280 g/mol. The molecule has 1 aromatic rings. The number of nitrogens with two attached hydrogens (primary N) is 1. The van der Waals surface area contributed by atoms with Crippen molar-refractivity contribution in [2.45, 2.75) is 24.2 Å². The van der Waals surface area contributed by atoms with Crippen LogP contribution in [0.25, 0.3) is 0 Å². The summed E-state index contributed by atoms with van der Waals surface area (Å²) < 4.78 is 22.2. The number of carbonyl (C=O) groups excluding carboxylic acids is 1. The Hall–Kier alpha value is -1.66. The number of allylic oxidation sites excluding steroid dienone is 2. The van der Waals surface area contributed by atoms with Gasteiger partial charge in [0.1, 0.15) is 0 Å². The number of anilines is 1. The maximum Gasteiger partial charge on any atom is 0.238 e. The molecule has 0 bridgehead atoms. The molecule has 0 radical (unpaired) electrons. The highest BCUT2D eigenvalue weighted by atomic mass is 32.2. The molecule has 1 aromatic carbocycles. The Morgan fingerprint density at radius 3 is 2.53 bits per heavy atom. The minimum absolute atomic E-state index is 0.0317. The average Bonchev–Trinajstić information content (AvgIpc) is 2.81. The highest BCUT2D eigenvalue weighted by Gasteiger charge is 2.14. The smallest absolute Gasteiger partial charge is 0.238 e. The van der Waals surface area contributed by atoms with E-state index in [0.717, 1.165) is 12.8 Å². The second-order valence-electron chi connectivity index (χ2n) is 4.59. The monoisotopic (exact) mass is 280 g/mol. The van der Waals surface area contributed by atoms with Crippen molar-refractivity contribution in [1.82, 2.24) is 0 Å². The van der Waals surface area contributed by atoms with Gasteiger partial charge < -0.3 is 5.32 Å². The highest BCUT2D eigenvalue weighted by Crippen LogP contribution is 2.21. The van der Waals surface area contributed by atoms with E-state index in [1.54, 1.807) is 0 Å². The van der Waals surface area contributed by atoms with E-state index in [1.807, 2.05) is 0 Å². The predicted octanol–water partition coefficient (Wildman–Crippen LogP) is 1.63. The van der Waals surface area contributed by atoms with Crippen LogP contribution < -0.4 is 10.5 Å². The second kappa shape index (κ2) is 5.54. The summed E-state index contributed by atoms with van der Waals surface area (Å²) in [5.41, 5.74) is 0.569. The maximum absolute atomic E-state index is 11.8. The van der Waals surface area contributed by atoms with Crippen LogP contribution in [0.15, 0.2) is 41.3 Å². The SMILES string of the molecule is NS(=O)(=O)c1ccc(NC(=O)CC2C=CCC2)cc1. The standard InChI is InChI=1S/C13H16N2O3S/c14-19(17,18)12-7-5-11(6-8-12)15-13(16)9-10-3-1-2-4-10/h1,3,5-8,10H,2,4,9H2,(H,15,16)(H2,14,17,18). The number of hydrogen-bond donors (Lipinski definition) is 2. The number of amides is 1. The van der Waals surface area contributed by atoms with Crippen molar-refractivity contribution < 1.29 is 13.2 Å². The highest BCUT2D eigenvalue weighted by molar-refractivity contribution is 7.89. The molecule has 1 aliphatic carbocycles. The summed E-state index contributed by atoms with van der Waals surface area (Å²) in [4.78, 5) is 11.8. The topological polar surface area (TPSA) is 89.3 Å². The zero-order chi connectivity index (χ0) is 13.9. The van der Waals surface area contributed by atoms with Crippen molar-refractivity contribution in [3.05, 3.63) is 36.4 Å². The Kier molecular flexibility index (Phi) is 4.01. The Morgan fingerprint density at radius 1 is 1.32 bits per heavy atom. The number of rotatable bonds is 4. The molecule has 1 amide bonds. The van der Waals surface area contributed by atoms with Gasteiger partial charge in [-0.1, -0.05) is 12.2 Å². The molecule has 0 aromatic heterocycles. The van der Waals surface area contributed by atoms with Gasteiger partial charge in [-0.3, -0.25) is 4.79 Å². The first-order chi connectivity index (χ1) is 8.95. The van der Waals surface area contributed by atoms with Gasteiger partial charge in [0.2, 0.25) is 15.9 Å². The van der Waals surface area contributed by atoms with E-state index in [9.17, 15) is 13.2 Å². The molecule has 5 nitrogen and oxygen atoms in total. The van der Waals surface area contributed by atoms with Crippen LogP contribution in [0.1, 0.15) is 19.3 Å². The summed E-state index contributed by atoms with van der Waals surface area (Å²) in [6.45, 7) is 0. The fourth-order valence-corrected chi connectivity index (χ4v) is 2.56. The molecule has 102 valence electrons. The third-order valence-corrected chi connectivity index (χ3v) is 3.96. The molecule has 0 spiro atoms. The molecule has 0 fully saturated rings. The Bertz CT molecular complexity index is 591. The summed E-state index contributed by atoms with van der Waals surface area (Å²) >= 11 is 0. The molecule has 6 heteroatoms. The van der Waals surface area contributed by atoms with Gasteiger partial charge in [-0.25, -0.2) is 13.6 Å². The molecule has 1 atom stereocenters. The van der Waals surface area contributed by atoms with Crippen molar-refractivity contribution in [1.29, 1.82) is 0 Å². The summed E-state index contributed by atoms with van der Waals surface area (Å²) in [6, 6.07) is 5.81. The molecule has 0 saturated carbocycles. The van der Waals surface area contributed by atoms with Gasteiger partial charge in [0.15, 0.2) is 0 Å². The lowest BCUT2D eigenvalue weighted by Crippen LogP contribution is -2.15. The van der Waals surface area contributed by atoms with Crippen LogP contribution in [-0.4, -0.2) is 14.3 Å². The molecular formula is C13H16N2O3S. The molecule has 3 N–H and O–H groups in total. The van der Waals surface area contributed by atoms with E-state index in [2.05, 4.69) is 17.5 Å². The zero-order valence-electron chi connectivity index (χ0n) is 10.4. The second-order valence-corrected chi connectivity index (χ2v) is 6.15.